The Hall–Kier alpha value is -0.840. The van der Waals surface area contributed by atoms with E-state index in [0.29, 0.717) is 0 Å². The molecule has 1 rings (SSSR count). The maximum atomic E-state index is 13.3. The predicted octanol–water partition coefficient (Wildman–Crippen LogP) is 1.72. The highest BCUT2D eigenvalue weighted by Gasteiger charge is 2.40. The first-order valence-corrected chi connectivity index (χ1v) is 5.46. The summed E-state index contributed by atoms with van der Waals surface area (Å²) in [6, 6.07) is 0. The standard InChI is InChI=1S/C11H20FNO3/c1-10(2,3)16-9(14)13-6-5-8(12)11(4,15)7-13/h8,15H,5-7H2,1-4H3/t8-,11+/m0/s1. The number of β-amino-alcohol motifs (C(OH)–C–C–N with tert-alkyl or cyclic N) is 1. The van der Waals surface area contributed by atoms with Gasteiger partial charge in [0, 0.05) is 6.54 Å². The number of aliphatic hydroxyl groups is 1. The van der Waals surface area contributed by atoms with E-state index in [1.807, 2.05) is 0 Å². The molecule has 1 aliphatic rings. The van der Waals surface area contributed by atoms with Gasteiger partial charge in [-0.15, -0.1) is 0 Å². The van der Waals surface area contributed by atoms with Crippen LogP contribution < -0.4 is 0 Å². The first-order valence-electron chi connectivity index (χ1n) is 5.46. The molecule has 1 fully saturated rings. The first kappa shape index (κ1) is 13.2. The quantitative estimate of drug-likeness (QED) is 0.693. The van der Waals surface area contributed by atoms with Crippen molar-refractivity contribution in [1.29, 1.82) is 0 Å². The van der Waals surface area contributed by atoms with Gasteiger partial charge in [-0.1, -0.05) is 0 Å². The van der Waals surface area contributed by atoms with Crippen molar-refractivity contribution in [2.24, 2.45) is 0 Å². The number of amides is 1. The van der Waals surface area contributed by atoms with Crippen molar-refractivity contribution in [1.82, 2.24) is 4.90 Å². The number of carbonyl (C=O) groups is 1. The second-order valence-corrected chi connectivity index (χ2v) is 5.52. The fourth-order valence-electron chi connectivity index (χ4n) is 1.63. The Labute approximate surface area is 95.4 Å². The van der Waals surface area contributed by atoms with E-state index < -0.39 is 23.5 Å². The van der Waals surface area contributed by atoms with Gasteiger partial charge in [-0.25, -0.2) is 9.18 Å². The van der Waals surface area contributed by atoms with E-state index >= 15 is 0 Å². The normalized spacial score (nSPS) is 31.4. The van der Waals surface area contributed by atoms with E-state index in [-0.39, 0.29) is 19.5 Å². The molecule has 1 heterocycles. The van der Waals surface area contributed by atoms with E-state index in [9.17, 15) is 14.3 Å². The maximum absolute atomic E-state index is 13.3. The van der Waals surface area contributed by atoms with Crippen LogP contribution in [0.3, 0.4) is 0 Å². The summed E-state index contributed by atoms with van der Waals surface area (Å²) in [7, 11) is 0. The predicted molar refractivity (Wildman–Crippen MR) is 57.9 cm³/mol. The molecule has 0 aromatic heterocycles. The lowest BCUT2D eigenvalue weighted by molar-refractivity contribution is -0.0780. The van der Waals surface area contributed by atoms with Gasteiger partial charge in [0.05, 0.1) is 6.54 Å². The highest BCUT2D eigenvalue weighted by Crippen LogP contribution is 2.25. The largest absolute Gasteiger partial charge is 0.444 e. The minimum Gasteiger partial charge on any atom is -0.444 e. The summed E-state index contributed by atoms with van der Waals surface area (Å²) in [6.07, 6.45) is -1.64. The number of hydrogen-bond acceptors (Lipinski definition) is 3. The highest BCUT2D eigenvalue weighted by molar-refractivity contribution is 5.68. The number of hydrogen-bond donors (Lipinski definition) is 1. The summed E-state index contributed by atoms with van der Waals surface area (Å²) >= 11 is 0. The van der Waals surface area contributed by atoms with Crippen LogP contribution in [-0.2, 0) is 4.74 Å². The number of alkyl halides is 1. The molecule has 0 aromatic carbocycles. The third kappa shape index (κ3) is 3.33. The fraction of sp³-hybridized carbons (Fsp3) is 0.909. The molecular weight excluding hydrogens is 213 g/mol. The van der Waals surface area contributed by atoms with Crippen molar-refractivity contribution >= 4 is 6.09 Å². The van der Waals surface area contributed by atoms with E-state index in [2.05, 4.69) is 0 Å². The van der Waals surface area contributed by atoms with Crippen molar-refractivity contribution in [2.75, 3.05) is 13.1 Å². The fourth-order valence-corrected chi connectivity index (χ4v) is 1.63. The molecule has 1 saturated heterocycles. The monoisotopic (exact) mass is 233 g/mol. The zero-order chi connectivity index (χ0) is 12.6. The Balaban J connectivity index is 2.60. The number of piperidine rings is 1. The lowest BCUT2D eigenvalue weighted by atomic mass is 9.93. The van der Waals surface area contributed by atoms with Gasteiger partial charge in [0.25, 0.3) is 0 Å². The summed E-state index contributed by atoms with van der Waals surface area (Å²) < 4.78 is 18.5. The second kappa shape index (κ2) is 4.20. The number of carbonyl (C=O) groups excluding carboxylic acids is 1. The van der Waals surface area contributed by atoms with Crippen LogP contribution in [0.5, 0.6) is 0 Å². The van der Waals surface area contributed by atoms with Crippen molar-refractivity contribution in [3.63, 3.8) is 0 Å². The minimum atomic E-state index is -1.48. The van der Waals surface area contributed by atoms with E-state index in [1.54, 1.807) is 20.8 Å². The van der Waals surface area contributed by atoms with Gasteiger partial charge in [0.15, 0.2) is 0 Å². The number of rotatable bonds is 0. The lowest BCUT2D eigenvalue weighted by Gasteiger charge is -2.39. The maximum Gasteiger partial charge on any atom is 0.410 e. The smallest absolute Gasteiger partial charge is 0.410 e. The molecule has 0 bridgehead atoms. The summed E-state index contributed by atoms with van der Waals surface area (Å²) in [4.78, 5) is 13.0. The molecule has 94 valence electrons. The van der Waals surface area contributed by atoms with Crippen molar-refractivity contribution < 1.29 is 19.0 Å². The van der Waals surface area contributed by atoms with Gasteiger partial charge >= 0.3 is 6.09 Å². The summed E-state index contributed by atoms with van der Waals surface area (Å²) in [5, 5.41) is 9.74. The van der Waals surface area contributed by atoms with E-state index in [0.717, 1.165) is 0 Å². The Morgan fingerprint density at radius 3 is 2.56 bits per heavy atom. The van der Waals surface area contributed by atoms with Crippen LogP contribution in [0.4, 0.5) is 9.18 Å². The van der Waals surface area contributed by atoms with Crippen LogP contribution in [0, 0.1) is 0 Å². The van der Waals surface area contributed by atoms with Crippen LogP contribution in [0.1, 0.15) is 34.1 Å². The summed E-state index contributed by atoms with van der Waals surface area (Å²) in [5.74, 6) is 0. The lowest BCUT2D eigenvalue weighted by Crippen LogP contribution is -2.55. The van der Waals surface area contributed by atoms with Crippen molar-refractivity contribution in [2.45, 2.75) is 51.5 Å². The van der Waals surface area contributed by atoms with Gasteiger partial charge < -0.3 is 14.7 Å². The molecule has 16 heavy (non-hydrogen) atoms. The summed E-state index contributed by atoms with van der Waals surface area (Å²) in [5.41, 5.74) is -2.05. The van der Waals surface area contributed by atoms with Crippen LogP contribution >= 0.6 is 0 Å². The number of likely N-dealkylation sites (tertiary alicyclic amines) is 1. The zero-order valence-electron chi connectivity index (χ0n) is 10.3. The Morgan fingerprint density at radius 2 is 2.12 bits per heavy atom. The molecule has 4 nitrogen and oxygen atoms in total. The van der Waals surface area contributed by atoms with Crippen molar-refractivity contribution in [3.8, 4) is 0 Å². The third-order valence-electron chi connectivity index (χ3n) is 2.49. The average Bonchev–Trinajstić information content (AvgIpc) is 2.06. The topological polar surface area (TPSA) is 49.8 Å². The molecule has 1 aliphatic heterocycles. The molecule has 2 atom stereocenters. The third-order valence-corrected chi connectivity index (χ3v) is 2.49. The zero-order valence-corrected chi connectivity index (χ0v) is 10.3. The molecular formula is C11H20FNO3. The van der Waals surface area contributed by atoms with Gasteiger partial charge in [-0.2, -0.15) is 0 Å². The molecule has 0 saturated carbocycles. The van der Waals surface area contributed by atoms with Gasteiger partial charge in [-0.3, -0.25) is 0 Å². The van der Waals surface area contributed by atoms with Crippen LogP contribution in [0.15, 0.2) is 0 Å². The molecule has 0 aliphatic carbocycles. The van der Waals surface area contributed by atoms with E-state index in [4.69, 9.17) is 4.74 Å². The van der Waals surface area contributed by atoms with E-state index in [1.165, 1.54) is 11.8 Å². The van der Waals surface area contributed by atoms with Gasteiger partial charge in [0.1, 0.15) is 17.4 Å². The Bertz CT molecular complexity index is 273. The molecule has 0 spiro atoms. The highest BCUT2D eigenvalue weighted by atomic mass is 19.1. The number of ether oxygens (including phenoxy) is 1. The SMILES string of the molecule is CC(C)(C)OC(=O)N1CC[C@H](F)[C@](C)(O)C1. The average molecular weight is 233 g/mol. The van der Waals surface area contributed by atoms with Crippen LogP contribution in [0.25, 0.3) is 0 Å². The number of nitrogens with zero attached hydrogens (tertiary/aromatic N) is 1. The molecule has 5 heteroatoms. The van der Waals surface area contributed by atoms with Crippen LogP contribution in [0.2, 0.25) is 0 Å². The number of halogens is 1. The molecule has 1 amide bonds. The van der Waals surface area contributed by atoms with Crippen molar-refractivity contribution in [3.05, 3.63) is 0 Å². The van der Waals surface area contributed by atoms with Gasteiger partial charge in [-0.05, 0) is 34.1 Å². The molecule has 0 aromatic rings. The summed E-state index contributed by atoms with van der Waals surface area (Å²) in [6.45, 7) is 6.96. The van der Waals surface area contributed by atoms with Crippen LogP contribution in [-0.4, -0.2) is 46.6 Å². The first-order chi connectivity index (χ1) is 7.12. The van der Waals surface area contributed by atoms with Gasteiger partial charge in [0.2, 0.25) is 0 Å². The minimum absolute atomic E-state index is 0.0247. The molecule has 1 N–H and O–H groups in total. The molecule has 0 unspecified atom stereocenters. The molecule has 0 radical (unpaired) electrons. The second-order valence-electron chi connectivity index (χ2n) is 5.52. The Morgan fingerprint density at radius 1 is 1.56 bits per heavy atom. The Kier molecular flexibility index (Phi) is 3.47.